The average molecular weight is 323 g/mol. The van der Waals surface area contributed by atoms with Crippen LogP contribution in [-0.4, -0.2) is 26.5 Å². The highest BCUT2D eigenvalue weighted by Gasteiger charge is 2.19. The van der Waals surface area contributed by atoms with E-state index in [-0.39, 0.29) is 16.4 Å². The number of allylic oxidation sites excluding steroid dienone is 1. The molecule has 0 fully saturated rings. The summed E-state index contributed by atoms with van der Waals surface area (Å²) < 4.78 is 24.0. The summed E-state index contributed by atoms with van der Waals surface area (Å²) in [6, 6.07) is 3.04. The Morgan fingerprint density at radius 2 is 1.91 bits per heavy atom. The van der Waals surface area contributed by atoms with Gasteiger partial charge in [-0.3, -0.25) is 4.79 Å². The summed E-state index contributed by atoms with van der Waals surface area (Å²) in [6.07, 6.45) is 6.04. The number of benzene rings is 1. The van der Waals surface area contributed by atoms with E-state index in [1.54, 1.807) is 12.1 Å². The van der Waals surface area contributed by atoms with Crippen molar-refractivity contribution in [3.8, 4) is 0 Å². The Morgan fingerprint density at radius 3 is 2.36 bits per heavy atom. The molecule has 0 saturated carbocycles. The summed E-state index contributed by atoms with van der Waals surface area (Å²) >= 11 is 0. The first-order valence-electron chi connectivity index (χ1n) is 6.88. The minimum Gasteiger partial charge on any atom is -0.370 e. The standard InChI is InChI=1S/C15H21N3O3S/c1-4-6-7-11-8-10(5-2)12(14(19)18-15(16)17)9-13(11)22(3,20)21/h6-9H,4-5H2,1-3H3,(H4,16,17,18,19). The molecule has 0 spiro atoms. The summed E-state index contributed by atoms with van der Waals surface area (Å²) in [5.74, 6) is -1.00. The Balaban J connectivity index is 3.64. The molecule has 0 unspecified atom stereocenters. The van der Waals surface area contributed by atoms with Gasteiger partial charge in [0.25, 0.3) is 5.91 Å². The van der Waals surface area contributed by atoms with Crippen LogP contribution >= 0.6 is 0 Å². The third kappa shape index (κ3) is 4.42. The van der Waals surface area contributed by atoms with Crippen LogP contribution in [0.2, 0.25) is 0 Å². The molecule has 4 N–H and O–H groups in total. The normalized spacial score (nSPS) is 11.6. The Labute approximate surface area is 130 Å². The molecule has 0 saturated heterocycles. The number of nitrogens with zero attached hydrogens (tertiary/aromatic N) is 1. The minimum absolute atomic E-state index is 0.0866. The number of carbonyl (C=O) groups is 1. The first-order chi connectivity index (χ1) is 10.2. The van der Waals surface area contributed by atoms with Crippen molar-refractivity contribution in [2.24, 2.45) is 16.5 Å². The highest BCUT2D eigenvalue weighted by molar-refractivity contribution is 7.90. The number of sulfone groups is 1. The van der Waals surface area contributed by atoms with E-state index in [0.29, 0.717) is 17.5 Å². The van der Waals surface area contributed by atoms with E-state index in [2.05, 4.69) is 4.99 Å². The Bertz CT molecular complexity index is 731. The van der Waals surface area contributed by atoms with Crippen LogP contribution in [0.5, 0.6) is 0 Å². The van der Waals surface area contributed by atoms with E-state index in [0.717, 1.165) is 12.7 Å². The molecular weight excluding hydrogens is 302 g/mol. The molecule has 120 valence electrons. The van der Waals surface area contributed by atoms with Crippen molar-refractivity contribution >= 4 is 27.8 Å². The summed E-state index contributed by atoms with van der Waals surface area (Å²) in [6.45, 7) is 3.82. The van der Waals surface area contributed by atoms with Gasteiger partial charge in [-0.1, -0.05) is 26.0 Å². The quantitative estimate of drug-likeness (QED) is 0.629. The zero-order chi connectivity index (χ0) is 16.9. The van der Waals surface area contributed by atoms with E-state index in [1.807, 2.05) is 19.9 Å². The van der Waals surface area contributed by atoms with Crippen LogP contribution in [-0.2, 0) is 16.3 Å². The number of aryl methyl sites for hydroxylation is 1. The maximum atomic E-state index is 12.1. The molecule has 0 radical (unpaired) electrons. The van der Waals surface area contributed by atoms with E-state index < -0.39 is 15.7 Å². The molecule has 0 bridgehead atoms. The summed E-state index contributed by atoms with van der Waals surface area (Å²) in [7, 11) is -3.49. The van der Waals surface area contributed by atoms with Gasteiger partial charge in [0.1, 0.15) is 0 Å². The topological polar surface area (TPSA) is 116 Å². The number of amides is 1. The monoisotopic (exact) mass is 323 g/mol. The molecule has 0 atom stereocenters. The van der Waals surface area contributed by atoms with Crippen molar-refractivity contribution in [3.63, 3.8) is 0 Å². The zero-order valence-corrected chi connectivity index (χ0v) is 13.8. The molecule has 22 heavy (non-hydrogen) atoms. The van der Waals surface area contributed by atoms with Gasteiger partial charge < -0.3 is 11.5 Å². The predicted molar refractivity (Wildman–Crippen MR) is 88.4 cm³/mol. The fourth-order valence-electron chi connectivity index (χ4n) is 2.01. The lowest BCUT2D eigenvalue weighted by atomic mass is 10.0. The Kier molecular flexibility index (Phi) is 5.87. The second-order valence-corrected chi connectivity index (χ2v) is 6.81. The van der Waals surface area contributed by atoms with Gasteiger partial charge in [0.05, 0.1) is 4.90 Å². The maximum Gasteiger partial charge on any atom is 0.280 e. The van der Waals surface area contributed by atoms with Gasteiger partial charge in [-0.15, -0.1) is 0 Å². The van der Waals surface area contributed by atoms with Crippen LogP contribution in [0.3, 0.4) is 0 Å². The second-order valence-electron chi connectivity index (χ2n) is 4.83. The second kappa shape index (κ2) is 7.22. The van der Waals surface area contributed by atoms with Crippen molar-refractivity contribution in [1.29, 1.82) is 0 Å². The van der Waals surface area contributed by atoms with Gasteiger partial charge in [-0.25, -0.2) is 8.42 Å². The van der Waals surface area contributed by atoms with E-state index in [1.165, 1.54) is 6.07 Å². The zero-order valence-electron chi connectivity index (χ0n) is 13.0. The average Bonchev–Trinajstić information content (AvgIpc) is 2.42. The lowest BCUT2D eigenvalue weighted by Gasteiger charge is -2.11. The number of hydrogen-bond donors (Lipinski definition) is 2. The summed E-state index contributed by atoms with van der Waals surface area (Å²) in [5, 5.41) is 0. The van der Waals surface area contributed by atoms with E-state index >= 15 is 0 Å². The van der Waals surface area contributed by atoms with Gasteiger partial charge >= 0.3 is 0 Å². The lowest BCUT2D eigenvalue weighted by molar-refractivity contribution is 0.100. The van der Waals surface area contributed by atoms with Gasteiger partial charge in [0.15, 0.2) is 15.8 Å². The van der Waals surface area contributed by atoms with Crippen LogP contribution in [0.25, 0.3) is 6.08 Å². The molecule has 0 aliphatic heterocycles. The number of nitrogens with two attached hydrogens (primary N) is 2. The molecular formula is C15H21N3O3S. The number of rotatable bonds is 5. The number of carbonyl (C=O) groups excluding carboxylic acids is 1. The first kappa shape index (κ1) is 17.9. The summed E-state index contributed by atoms with van der Waals surface area (Å²) in [4.78, 5) is 15.7. The smallest absolute Gasteiger partial charge is 0.280 e. The van der Waals surface area contributed by atoms with Gasteiger partial charge in [-0.05, 0) is 36.1 Å². The molecule has 6 nitrogen and oxygen atoms in total. The third-order valence-corrected chi connectivity index (χ3v) is 4.16. The number of hydrogen-bond acceptors (Lipinski definition) is 3. The molecule has 1 aromatic carbocycles. The van der Waals surface area contributed by atoms with Gasteiger partial charge in [-0.2, -0.15) is 4.99 Å². The van der Waals surface area contributed by atoms with Crippen molar-refractivity contribution < 1.29 is 13.2 Å². The Morgan fingerprint density at radius 1 is 1.27 bits per heavy atom. The molecule has 1 amide bonds. The molecule has 1 aromatic rings. The molecule has 0 aromatic heterocycles. The summed E-state index contributed by atoms with van der Waals surface area (Å²) in [5.41, 5.74) is 11.9. The van der Waals surface area contributed by atoms with Crippen LogP contribution in [0.15, 0.2) is 28.1 Å². The number of guanidine groups is 1. The van der Waals surface area contributed by atoms with E-state index in [9.17, 15) is 13.2 Å². The molecule has 0 heterocycles. The predicted octanol–water partition coefficient (Wildman–Crippen LogP) is 1.49. The largest absolute Gasteiger partial charge is 0.370 e. The number of aliphatic imine (C=N–C) groups is 1. The van der Waals surface area contributed by atoms with Crippen molar-refractivity contribution in [2.45, 2.75) is 31.6 Å². The van der Waals surface area contributed by atoms with Crippen LogP contribution in [0, 0.1) is 0 Å². The maximum absolute atomic E-state index is 12.1. The molecule has 7 heteroatoms. The third-order valence-electron chi connectivity index (χ3n) is 3.01. The van der Waals surface area contributed by atoms with E-state index in [4.69, 9.17) is 11.5 Å². The fourth-order valence-corrected chi connectivity index (χ4v) is 2.90. The molecule has 1 rings (SSSR count). The van der Waals surface area contributed by atoms with Crippen LogP contribution in [0.4, 0.5) is 0 Å². The van der Waals surface area contributed by atoms with Crippen molar-refractivity contribution in [2.75, 3.05) is 6.26 Å². The first-order valence-corrected chi connectivity index (χ1v) is 8.77. The van der Waals surface area contributed by atoms with Gasteiger partial charge in [0.2, 0.25) is 0 Å². The van der Waals surface area contributed by atoms with Crippen LogP contribution < -0.4 is 11.5 Å². The minimum atomic E-state index is -3.49. The lowest BCUT2D eigenvalue weighted by Crippen LogP contribution is -2.24. The highest BCUT2D eigenvalue weighted by Crippen LogP contribution is 2.24. The van der Waals surface area contributed by atoms with Crippen molar-refractivity contribution in [3.05, 3.63) is 34.9 Å². The van der Waals surface area contributed by atoms with Crippen molar-refractivity contribution in [1.82, 2.24) is 0 Å². The highest BCUT2D eigenvalue weighted by atomic mass is 32.2. The molecule has 0 aliphatic carbocycles. The van der Waals surface area contributed by atoms with Crippen LogP contribution in [0.1, 0.15) is 41.8 Å². The Hall–Kier alpha value is -2.15. The van der Waals surface area contributed by atoms with Gasteiger partial charge in [0, 0.05) is 11.8 Å². The molecule has 0 aliphatic rings. The fraction of sp³-hybridized carbons (Fsp3) is 0.333. The SMILES string of the molecule is CCC=Cc1cc(CC)c(C(=O)N=C(N)N)cc1S(C)(=O)=O.